The average Bonchev–Trinajstić information content (AvgIpc) is 2.38. The molecule has 1 atom stereocenters. The van der Waals surface area contributed by atoms with Crippen molar-refractivity contribution in [1.29, 1.82) is 0 Å². The zero-order chi connectivity index (χ0) is 13.4. The number of ether oxygens (including phenoxy) is 1. The molecule has 1 unspecified atom stereocenters. The maximum atomic E-state index is 11.5. The summed E-state index contributed by atoms with van der Waals surface area (Å²) in [5.41, 5.74) is 0.403. The van der Waals surface area contributed by atoms with Gasteiger partial charge in [-0.1, -0.05) is 6.58 Å². The summed E-state index contributed by atoms with van der Waals surface area (Å²) in [6, 6.07) is 0.153. The van der Waals surface area contributed by atoms with Gasteiger partial charge in [-0.25, -0.2) is 4.79 Å². The van der Waals surface area contributed by atoms with Crippen LogP contribution in [0.3, 0.4) is 0 Å². The molecule has 104 valence electrons. The molecule has 0 amide bonds. The van der Waals surface area contributed by atoms with Gasteiger partial charge in [0, 0.05) is 37.8 Å². The number of hydrogen-bond acceptors (Lipinski definition) is 6. The van der Waals surface area contributed by atoms with Crippen LogP contribution in [0.5, 0.6) is 0 Å². The van der Waals surface area contributed by atoms with E-state index >= 15 is 0 Å². The Balaban J connectivity index is 2.42. The van der Waals surface area contributed by atoms with Gasteiger partial charge in [-0.05, 0) is 6.42 Å². The Morgan fingerprint density at radius 1 is 1.44 bits per heavy atom. The van der Waals surface area contributed by atoms with E-state index in [1.165, 1.54) is 0 Å². The van der Waals surface area contributed by atoms with E-state index < -0.39 is 5.97 Å². The number of aliphatic hydroxyl groups is 2. The molecule has 18 heavy (non-hydrogen) atoms. The average molecular weight is 258 g/mol. The van der Waals surface area contributed by atoms with E-state index in [9.17, 15) is 4.79 Å². The lowest BCUT2D eigenvalue weighted by Crippen LogP contribution is -2.52. The van der Waals surface area contributed by atoms with Crippen LogP contribution in [0.1, 0.15) is 6.42 Å². The fraction of sp³-hybridized carbons (Fsp3) is 0.750. The Labute approximate surface area is 107 Å². The number of piperazine rings is 1. The molecule has 0 aromatic rings. The first-order valence-electron chi connectivity index (χ1n) is 6.20. The summed E-state index contributed by atoms with van der Waals surface area (Å²) in [5.74, 6) is -0.460. The zero-order valence-corrected chi connectivity index (χ0v) is 10.6. The van der Waals surface area contributed by atoms with E-state index in [4.69, 9.17) is 14.9 Å². The third-order valence-corrected chi connectivity index (χ3v) is 2.95. The third kappa shape index (κ3) is 4.73. The third-order valence-electron chi connectivity index (χ3n) is 2.95. The van der Waals surface area contributed by atoms with Crippen molar-refractivity contribution in [3.63, 3.8) is 0 Å². The number of nitrogens with zero attached hydrogens (tertiary/aromatic N) is 1. The molecule has 6 nitrogen and oxygen atoms in total. The standard InChI is InChI=1S/C12H22N2O4/c1-10(12(17)18-7-6-16)8-11-9-13-2-3-14(11)4-5-15/h11,13,15-16H,1-9H2. The minimum atomic E-state index is -0.460. The second-order valence-corrected chi connectivity index (χ2v) is 4.28. The molecule has 6 heteroatoms. The number of esters is 1. The van der Waals surface area contributed by atoms with Gasteiger partial charge in [-0.2, -0.15) is 0 Å². The molecule has 0 aliphatic carbocycles. The predicted octanol–water partition coefficient (Wildman–Crippen LogP) is -1.27. The topological polar surface area (TPSA) is 82.0 Å². The number of aliphatic hydroxyl groups excluding tert-OH is 2. The summed E-state index contributed by atoms with van der Waals surface area (Å²) < 4.78 is 4.81. The maximum Gasteiger partial charge on any atom is 0.333 e. The van der Waals surface area contributed by atoms with E-state index in [0.29, 0.717) is 18.5 Å². The Morgan fingerprint density at radius 2 is 2.22 bits per heavy atom. The van der Waals surface area contributed by atoms with Crippen molar-refractivity contribution < 1.29 is 19.7 Å². The molecule has 0 saturated carbocycles. The minimum Gasteiger partial charge on any atom is -0.460 e. The van der Waals surface area contributed by atoms with Crippen molar-refractivity contribution >= 4 is 5.97 Å². The number of nitrogens with one attached hydrogen (secondary N) is 1. The summed E-state index contributed by atoms with van der Waals surface area (Å²) >= 11 is 0. The van der Waals surface area contributed by atoms with Crippen LogP contribution >= 0.6 is 0 Å². The molecule has 1 aliphatic heterocycles. The summed E-state index contributed by atoms with van der Waals surface area (Å²) in [5, 5.41) is 20.8. The zero-order valence-electron chi connectivity index (χ0n) is 10.6. The van der Waals surface area contributed by atoms with Gasteiger partial charge >= 0.3 is 5.97 Å². The van der Waals surface area contributed by atoms with Crippen LogP contribution in [0.15, 0.2) is 12.2 Å². The lowest BCUT2D eigenvalue weighted by molar-refractivity contribution is -0.140. The first-order chi connectivity index (χ1) is 8.69. The number of β-amino-alcohol motifs (C(OH)–C–C–N with tert-alkyl or cyclic N) is 1. The molecule has 1 aliphatic rings. The molecule has 1 heterocycles. The molecule has 0 radical (unpaired) electrons. The normalized spacial score (nSPS) is 20.7. The van der Waals surface area contributed by atoms with Gasteiger partial charge in [0.25, 0.3) is 0 Å². The minimum absolute atomic E-state index is 0.00112. The van der Waals surface area contributed by atoms with Crippen LogP contribution in [0.25, 0.3) is 0 Å². The maximum absolute atomic E-state index is 11.5. The highest BCUT2D eigenvalue weighted by atomic mass is 16.5. The Bertz CT molecular complexity index is 281. The fourth-order valence-corrected chi connectivity index (χ4v) is 2.04. The van der Waals surface area contributed by atoms with Gasteiger partial charge in [0.2, 0.25) is 0 Å². The highest BCUT2D eigenvalue weighted by molar-refractivity contribution is 5.87. The molecule has 0 bridgehead atoms. The molecular formula is C12H22N2O4. The summed E-state index contributed by atoms with van der Waals surface area (Å²) in [7, 11) is 0. The lowest BCUT2D eigenvalue weighted by Gasteiger charge is -2.35. The second-order valence-electron chi connectivity index (χ2n) is 4.28. The number of carbonyl (C=O) groups excluding carboxylic acids is 1. The Hall–Kier alpha value is -0.950. The van der Waals surface area contributed by atoms with Crippen molar-refractivity contribution in [3.05, 3.63) is 12.2 Å². The highest BCUT2D eigenvalue weighted by Crippen LogP contribution is 2.13. The van der Waals surface area contributed by atoms with Crippen molar-refractivity contribution in [2.45, 2.75) is 12.5 Å². The summed E-state index contributed by atoms with van der Waals surface area (Å²) in [4.78, 5) is 13.7. The number of hydrogen-bond donors (Lipinski definition) is 3. The number of rotatable bonds is 7. The summed E-state index contributed by atoms with van der Waals surface area (Å²) in [6.45, 7) is 6.76. The van der Waals surface area contributed by atoms with Crippen LogP contribution in [-0.4, -0.2) is 73.1 Å². The fourth-order valence-electron chi connectivity index (χ4n) is 2.04. The van der Waals surface area contributed by atoms with Crippen molar-refractivity contribution in [2.24, 2.45) is 0 Å². The van der Waals surface area contributed by atoms with Crippen LogP contribution in [0.4, 0.5) is 0 Å². The van der Waals surface area contributed by atoms with Crippen molar-refractivity contribution in [2.75, 3.05) is 46.0 Å². The monoisotopic (exact) mass is 258 g/mol. The molecule has 1 rings (SSSR count). The molecule has 0 aromatic heterocycles. The van der Waals surface area contributed by atoms with Crippen molar-refractivity contribution in [1.82, 2.24) is 10.2 Å². The molecule has 3 N–H and O–H groups in total. The Kier molecular flexibility index (Phi) is 6.89. The largest absolute Gasteiger partial charge is 0.460 e. The quantitative estimate of drug-likeness (QED) is 0.390. The highest BCUT2D eigenvalue weighted by Gasteiger charge is 2.24. The predicted molar refractivity (Wildman–Crippen MR) is 67.1 cm³/mol. The van der Waals surface area contributed by atoms with E-state index in [-0.39, 0.29) is 25.9 Å². The van der Waals surface area contributed by atoms with Gasteiger partial charge in [0.15, 0.2) is 0 Å². The summed E-state index contributed by atoms with van der Waals surface area (Å²) in [6.07, 6.45) is 0.511. The second kappa shape index (κ2) is 8.20. The van der Waals surface area contributed by atoms with Gasteiger partial charge < -0.3 is 20.3 Å². The van der Waals surface area contributed by atoms with Gasteiger partial charge in [-0.3, -0.25) is 4.90 Å². The van der Waals surface area contributed by atoms with Crippen LogP contribution < -0.4 is 5.32 Å². The Morgan fingerprint density at radius 3 is 2.89 bits per heavy atom. The molecule has 1 saturated heterocycles. The number of carbonyl (C=O) groups is 1. The van der Waals surface area contributed by atoms with Crippen molar-refractivity contribution in [3.8, 4) is 0 Å². The molecular weight excluding hydrogens is 236 g/mol. The van der Waals surface area contributed by atoms with Gasteiger partial charge in [0.05, 0.1) is 13.2 Å². The van der Waals surface area contributed by atoms with E-state index in [1.807, 2.05) is 0 Å². The SMILES string of the molecule is C=C(CC1CNCCN1CCO)C(=O)OCCO. The van der Waals surface area contributed by atoms with E-state index in [2.05, 4.69) is 16.8 Å². The smallest absolute Gasteiger partial charge is 0.333 e. The van der Waals surface area contributed by atoms with Crippen LogP contribution in [0.2, 0.25) is 0 Å². The van der Waals surface area contributed by atoms with Crippen LogP contribution in [0, 0.1) is 0 Å². The van der Waals surface area contributed by atoms with Gasteiger partial charge in [-0.15, -0.1) is 0 Å². The molecule has 0 aromatic carbocycles. The van der Waals surface area contributed by atoms with Gasteiger partial charge in [0.1, 0.15) is 6.61 Å². The van der Waals surface area contributed by atoms with E-state index in [1.54, 1.807) is 0 Å². The first-order valence-corrected chi connectivity index (χ1v) is 6.20. The first kappa shape index (κ1) is 15.1. The molecule has 0 spiro atoms. The molecule has 1 fully saturated rings. The van der Waals surface area contributed by atoms with E-state index in [0.717, 1.165) is 19.6 Å². The van der Waals surface area contributed by atoms with Crippen LogP contribution in [-0.2, 0) is 9.53 Å². The lowest BCUT2D eigenvalue weighted by atomic mass is 10.0.